The Morgan fingerprint density at radius 3 is 1.48 bits per heavy atom. The molecule has 9 aromatic rings. The van der Waals surface area contributed by atoms with Gasteiger partial charge in [-0.15, -0.1) is 10.2 Å². The molecule has 5 nitrogen and oxygen atoms in total. The molecule has 0 aliphatic carbocycles. The molecule has 0 aliphatic heterocycles. The highest BCUT2D eigenvalue weighted by atomic mass is 15.3. The Balaban J connectivity index is 1.18. The molecule has 0 spiro atoms. The van der Waals surface area contributed by atoms with Crippen LogP contribution in [0.25, 0.3) is 78.3 Å². The Morgan fingerprint density at radius 2 is 0.833 bits per heavy atom. The second kappa shape index (κ2) is 11.6. The minimum absolute atomic E-state index is 0.747. The second-order valence-corrected chi connectivity index (χ2v) is 11.8. The molecule has 5 heteroatoms. The number of hydrogen-bond donors (Lipinski definition) is 0. The lowest BCUT2D eigenvalue weighted by molar-refractivity contribution is 1.05. The first-order valence-corrected chi connectivity index (χ1v) is 16.0. The summed E-state index contributed by atoms with van der Waals surface area (Å²) in [5.74, 6) is 2.35. The molecular formula is C43H29N5. The van der Waals surface area contributed by atoms with Crippen LogP contribution in [0.15, 0.2) is 176 Å². The summed E-state index contributed by atoms with van der Waals surface area (Å²) in [5.41, 5.74) is 9.77. The average molecular weight is 616 g/mol. The number of nitrogens with zero attached hydrogens (tertiary/aromatic N) is 5. The molecule has 9 rings (SSSR count). The first kappa shape index (κ1) is 27.7. The largest absolute Gasteiger partial charge is 0.294 e. The molecule has 48 heavy (non-hydrogen) atoms. The summed E-state index contributed by atoms with van der Waals surface area (Å²) in [5, 5.41) is 12.0. The van der Waals surface area contributed by atoms with E-state index in [0.29, 0.717) is 0 Å². The van der Waals surface area contributed by atoms with Crippen molar-refractivity contribution in [1.82, 2.24) is 24.3 Å². The van der Waals surface area contributed by atoms with E-state index in [1.165, 1.54) is 21.9 Å². The van der Waals surface area contributed by atoms with E-state index in [4.69, 9.17) is 15.2 Å². The number of fused-ring (bicyclic) bond motifs is 3. The van der Waals surface area contributed by atoms with Crippen molar-refractivity contribution in [3.63, 3.8) is 0 Å². The summed E-state index contributed by atoms with van der Waals surface area (Å²) in [7, 11) is 0. The molecule has 6 aromatic carbocycles. The fraction of sp³-hybridized carbons (Fsp3) is 0. The van der Waals surface area contributed by atoms with Crippen molar-refractivity contribution in [3.05, 3.63) is 176 Å². The van der Waals surface area contributed by atoms with Gasteiger partial charge in [-0.05, 0) is 70.8 Å². The smallest absolute Gasteiger partial charge is 0.169 e. The van der Waals surface area contributed by atoms with Crippen LogP contribution in [0.1, 0.15) is 0 Å². The van der Waals surface area contributed by atoms with E-state index in [1.54, 1.807) is 0 Å². The summed E-state index contributed by atoms with van der Waals surface area (Å²) in [6.07, 6.45) is 1.86. The molecule has 0 fully saturated rings. The van der Waals surface area contributed by atoms with Crippen LogP contribution >= 0.6 is 0 Å². The van der Waals surface area contributed by atoms with Crippen molar-refractivity contribution in [1.29, 1.82) is 0 Å². The molecule has 0 radical (unpaired) electrons. The zero-order chi connectivity index (χ0) is 31.9. The van der Waals surface area contributed by atoms with E-state index in [2.05, 4.69) is 149 Å². The van der Waals surface area contributed by atoms with Crippen LogP contribution in [0.3, 0.4) is 0 Å². The molecule has 0 aliphatic rings. The lowest BCUT2D eigenvalue weighted by Crippen LogP contribution is -2.02. The fourth-order valence-electron chi connectivity index (χ4n) is 6.68. The van der Waals surface area contributed by atoms with Crippen molar-refractivity contribution >= 4 is 21.8 Å². The van der Waals surface area contributed by atoms with Gasteiger partial charge in [-0.2, -0.15) is 0 Å². The van der Waals surface area contributed by atoms with Crippen molar-refractivity contribution < 1.29 is 0 Å². The first-order chi connectivity index (χ1) is 23.8. The third-order valence-electron chi connectivity index (χ3n) is 8.91. The lowest BCUT2D eigenvalue weighted by Gasteiger charge is -2.13. The van der Waals surface area contributed by atoms with Gasteiger partial charge >= 0.3 is 0 Å². The van der Waals surface area contributed by atoms with Crippen LogP contribution in [0.4, 0.5) is 0 Å². The highest BCUT2D eigenvalue weighted by molar-refractivity contribution is 6.09. The van der Waals surface area contributed by atoms with Crippen molar-refractivity contribution in [2.75, 3.05) is 0 Å². The molecule has 0 atom stereocenters. The van der Waals surface area contributed by atoms with Gasteiger partial charge < -0.3 is 0 Å². The van der Waals surface area contributed by atoms with Crippen LogP contribution in [-0.4, -0.2) is 24.3 Å². The van der Waals surface area contributed by atoms with E-state index in [0.717, 1.165) is 56.4 Å². The lowest BCUT2D eigenvalue weighted by atomic mass is 9.98. The van der Waals surface area contributed by atoms with Gasteiger partial charge in [0.1, 0.15) is 5.82 Å². The number of pyridine rings is 1. The predicted molar refractivity (Wildman–Crippen MR) is 195 cm³/mol. The summed E-state index contributed by atoms with van der Waals surface area (Å²) in [6.45, 7) is 0. The van der Waals surface area contributed by atoms with Gasteiger partial charge in [-0.3, -0.25) is 9.13 Å². The van der Waals surface area contributed by atoms with Crippen molar-refractivity contribution in [3.8, 4) is 56.5 Å². The monoisotopic (exact) mass is 615 g/mol. The molecule has 0 unspecified atom stereocenters. The van der Waals surface area contributed by atoms with Gasteiger partial charge in [0.05, 0.1) is 11.0 Å². The SMILES string of the molecule is c1ccc(-c2cccc(-c3cccc(-c4nnc(-c5ccnc(-n6c7ccccc7c7ccccc76)c5)n4-c4ccccc4)c3)c2)cc1. The highest BCUT2D eigenvalue weighted by Crippen LogP contribution is 2.35. The van der Waals surface area contributed by atoms with E-state index < -0.39 is 0 Å². The number of aromatic nitrogens is 5. The van der Waals surface area contributed by atoms with E-state index in [1.807, 2.05) is 36.5 Å². The van der Waals surface area contributed by atoms with Gasteiger partial charge in [0.15, 0.2) is 11.6 Å². The van der Waals surface area contributed by atoms with Crippen LogP contribution in [0, 0.1) is 0 Å². The van der Waals surface area contributed by atoms with E-state index in [9.17, 15) is 0 Å². The minimum atomic E-state index is 0.747. The molecular weight excluding hydrogens is 587 g/mol. The second-order valence-electron chi connectivity index (χ2n) is 11.8. The summed E-state index contributed by atoms with van der Waals surface area (Å²) < 4.78 is 4.37. The maximum atomic E-state index is 4.85. The van der Waals surface area contributed by atoms with Crippen molar-refractivity contribution in [2.45, 2.75) is 0 Å². The Labute approximate surface area is 278 Å². The van der Waals surface area contributed by atoms with Gasteiger partial charge in [0.25, 0.3) is 0 Å². The first-order valence-electron chi connectivity index (χ1n) is 16.0. The normalized spacial score (nSPS) is 11.3. The van der Waals surface area contributed by atoms with Crippen LogP contribution in [0.2, 0.25) is 0 Å². The fourth-order valence-corrected chi connectivity index (χ4v) is 6.68. The molecule has 0 bridgehead atoms. The topological polar surface area (TPSA) is 48.5 Å². The summed E-state index contributed by atoms with van der Waals surface area (Å²) in [4.78, 5) is 4.85. The van der Waals surface area contributed by atoms with Gasteiger partial charge in [0.2, 0.25) is 0 Å². The van der Waals surface area contributed by atoms with E-state index >= 15 is 0 Å². The predicted octanol–water partition coefficient (Wildman–Crippen LogP) is 10.4. The molecule has 0 saturated heterocycles. The van der Waals surface area contributed by atoms with Crippen LogP contribution < -0.4 is 0 Å². The summed E-state index contributed by atoms with van der Waals surface area (Å²) in [6, 6.07) is 59.1. The molecule has 3 heterocycles. The quantitative estimate of drug-likeness (QED) is 0.187. The third kappa shape index (κ3) is 4.77. The van der Waals surface area contributed by atoms with Gasteiger partial charge in [-0.1, -0.05) is 121 Å². The number of para-hydroxylation sites is 3. The number of benzene rings is 6. The van der Waals surface area contributed by atoms with Crippen LogP contribution in [0.5, 0.6) is 0 Å². The molecule has 226 valence electrons. The molecule has 0 N–H and O–H groups in total. The van der Waals surface area contributed by atoms with Gasteiger partial charge in [-0.25, -0.2) is 4.98 Å². The molecule has 0 saturated carbocycles. The number of rotatable bonds is 6. The maximum Gasteiger partial charge on any atom is 0.169 e. The van der Waals surface area contributed by atoms with Gasteiger partial charge in [0, 0.05) is 33.8 Å². The Morgan fingerprint density at radius 1 is 0.354 bits per heavy atom. The Bertz CT molecular complexity index is 2510. The maximum absolute atomic E-state index is 4.85. The van der Waals surface area contributed by atoms with E-state index in [-0.39, 0.29) is 0 Å². The zero-order valence-electron chi connectivity index (χ0n) is 26.0. The molecule has 3 aromatic heterocycles. The number of hydrogen-bond acceptors (Lipinski definition) is 3. The third-order valence-corrected chi connectivity index (χ3v) is 8.91. The van der Waals surface area contributed by atoms with Crippen LogP contribution in [-0.2, 0) is 0 Å². The minimum Gasteiger partial charge on any atom is -0.294 e. The Hall–Kier alpha value is -6.59. The van der Waals surface area contributed by atoms with Crippen molar-refractivity contribution in [2.24, 2.45) is 0 Å². The standard InChI is InChI=1S/C43H29N5/c1-3-13-30(14-4-1)31-15-11-16-32(27-31)33-17-12-18-34(28-33)42-45-46-43(47(42)36-19-5-2-6-20-36)35-25-26-44-41(29-35)48-39-23-9-7-21-37(39)38-22-8-10-24-40(38)48/h1-29H. The zero-order valence-corrected chi connectivity index (χ0v) is 26.0. The summed E-state index contributed by atoms with van der Waals surface area (Å²) >= 11 is 0. The highest BCUT2D eigenvalue weighted by Gasteiger charge is 2.20. The Kier molecular flexibility index (Phi) is 6.72. The molecule has 0 amide bonds. The average Bonchev–Trinajstić information content (AvgIpc) is 3.76.